The van der Waals surface area contributed by atoms with E-state index in [1.807, 2.05) is 0 Å². The van der Waals surface area contributed by atoms with Gasteiger partial charge in [0.1, 0.15) is 0 Å². The minimum Gasteiger partial charge on any atom is -0.356 e. The van der Waals surface area contributed by atoms with E-state index in [-0.39, 0.29) is 0 Å². The SMILES string of the molecule is CCCCNc1nc(C)cn1C(C)CC(C)C. The predicted molar refractivity (Wildman–Crippen MR) is 74.5 cm³/mol. The molecule has 1 aromatic rings. The molecule has 0 saturated carbocycles. The van der Waals surface area contributed by atoms with Crippen LogP contribution in [-0.4, -0.2) is 16.1 Å². The highest BCUT2D eigenvalue weighted by atomic mass is 15.2. The van der Waals surface area contributed by atoms with Gasteiger partial charge in [0.2, 0.25) is 5.95 Å². The summed E-state index contributed by atoms with van der Waals surface area (Å²) >= 11 is 0. The average Bonchev–Trinajstić information content (AvgIpc) is 2.59. The highest BCUT2D eigenvalue weighted by molar-refractivity contribution is 5.29. The van der Waals surface area contributed by atoms with Crippen molar-refractivity contribution in [1.82, 2.24) is 9.55 Å². The molecule has 1 N–H and O–H groups in total. The molecule has 0 aromatic carbocycles. The van der Waals surface area contributed by atoms with Crippen LogP contribution >= 0.6 is 0 Å². The molecule has 0 bridgehead atoms. The monoisotopic (exact) mass is 237 g/mol. The molecular weight excluding hydrogens is 210 g/mol. The summed E-state index contributed by atoms with van der Waals surface area (Å²) in [4.78, 5) is 4.56. The van der Waals surface area contributed by atoms with Crippen molar-refractivity contribution >= 4 is 5.95 Å². The molecule has 0 aliphatic carbocycles. The number of imidazole rings is 1. The predicted octanol–water partition coefficient (Wildman–Crippen LogP) is 4.01. The van der Waals surface area contributed by atoms with Gasteiger partial charge in [0, 0.05) is 18.8 Å². The van der Waals surface area contributed by atoms with Crippen LogP contribution in [0.1, 0.15) is 58.7 Å². The number of unbranched alkanes of at least 4 members (excludes halogenated alkanes) is 1. The van der Waals surface area contributed by atoms with Crippen LogP contribution in [-0.2, 0) is 0 Å². The summed E-state index contributed by atoms with van der Waals surface area (Å²) in [6.07, 6.45) is 5.76. The van der Waals surface area contributed by atoms with Crippen molar-refractivity contribution in [3.63, 3.8) is 0 Å². The fourth-order valence-electron chi connectivity index (χ4n) is 2.16. The summed E-state index contributed by atoms with van der Waals surface area (Å²) in [5.41, 5.74) is 1.10. The average molecular weight is 237 g/mol. The fourth-order valence-corrected chi connectivity index (χ4v) is 2.16. The molecule has 0 fully saturated rings. The number of aryl methyl sites for hydroxylation is 1. The zero-order chi connectivity index (χ0) is 12.8. The van der Waals surface area contributed by atoms with Gasteiger partial charge in [-0.1, -0.05) is 27.2 Å². The molecule has 1 unspecified atom stereocenters. The zero-order valence-electron chi connectivity index (χ0n) is 12.0. The number of hydrogen-bond acceptors (Lipinski definition) is 2. The molecule has 1 atom stereocenters. The van der Waals surface area contributed by atoms with Gasteiger partial charge in [-0.2, -0.15) is 0 Å². The van der Waals surface area contributed by atoms with Crippen LogP contribution < -0.4 is 5.32 Å². The Morgan fingerprint density at radius 3 is 2.65 bits per heavy atom. The summed E-state index contributed by atoms with van der Waals surface area (Å²) in [6, 6.07) is 0.514. The minimum absolute atomic E-state index is 0.514. The van der Waals surface area contributed by atoms with Gasteiger partial charge >= 0.3 is 0 Å². The Bertz CT molecular complexity index is 328. The van der Waals surface area contributed by atoms with E-state index in [1.54, 1.807) is 0 Å². The molecule has 3 nitrogen and oxygen atoms in total. The molecule has 0 spiro atoms. The summed E-state index contributed by atoms with van der Waals surface area (Å²) < 4.78 is 2.28. The van der Waals surface area contributed by atoms with Crippen molar-refractivity contribution in [3.8, 4) is 0 Å². The molecule has 1 aromatic heterocycles. The Labute approximate surface area is 106 Å². The van der Waals surface area contributed by atoms with Gasteiger partial charge in [-0.3, -0.25) is 0 Å². The third-order valence-electron chi connectivity index (χ3n) is 2.95. The topological polar surface area (TPSA) is 29.9 Å². The van der Waals surface area contributed by atoms with E-state index in [9.17, 15) is 0 Å². The van der Waals surface area contributed by atoms with Crippen molar-refractivity contribution in [2.45, 2.75) is 59.9 Å². The first-order valence-electron chi connectivity index (χ1n) is 6.84. The normalized spacial score (nSPS) is 13.1. The van der Waals surface area contributed by atoms with Crippen LogP contribution in [0.4, 0.5) is 5.95 Å². The van der Waals surface area contributed by atoms with E-state index < -0.39 is 0 Å². The van der Waals surface area contributed by atoms with Gasteiger partial charge in [0.25, 0.3) is 0 Å². The van der Waals surface area contributed by atoms with Crippen molar-refractivity contribution in [2.24, 2.45) is 5.92 Å². The smallest absolute Gasteiger partial charge is 0.203 e. The van der Waals surface area contributed by atoms with Gasteiger partial charge in [-0.05, 0) is 32.6 Å². The largest absolute Gasteiger partial charge is 0.356 e. The Morgan fingerprint density at radius 1 is 1.35 bits per heavy atom. The second-order valence-electron chi connectivity index (χ2n) is 5.37. The lowest BCUT2D eigenvalue weighted by Gasteiger charge is -2.18. The standard InChI is InChI=1S/C14H27N3/c1-6-7-8-15-14-16-12(4)10-17(14)13(5)9-11(2)3/h10-11,13H,6-9H2,1-5H3,(H,15,16). The van der Waals surface area contributed by atoms with Crippen LogP contribution in [0, 0.1) is 12.8 Å². The first-order valence-corrected chi connectivity index (χ1v) is 6.84. The van der Waals surface area contributed by atoms with E-state index in [0.29, 0.717) is 6.04 Å². The van der Waals surface area contributed by atoms with Crippen LogP contribution in [0.2, 0.25) is 0 Å². The molecule has 1 heterocycles. The molecule has 1 rings (SSSR count). The Balaban J connectivity index is 2.69. The van der Waals surface area contributed by atoms with Gasteiger partial charge in [0.05, 0.1) is 5.69 Å². The lowest BCUT2D eigenvalue weighted by atomic mass is 10.1. The third kappa shape index (κ3) is 4.41. The van der Waals surface area contributed by atoms with E-state index in [2.05, 4.69) is 55.7 Å². The van der Waals surface area contributed by atoms with Gasteiger partial charge in [-0.25, -0.2) is 4.98 Å². The summed E-state index contributed by atoms with van der Waals surface area (Å²) in [6.45, 7) is 12.1. The highest BCUT2D eigenvalue weighted by Gasteiger charge is 2.12. The Morgan fingerprint density at radius 2 is 2.06 bits per heavy atom. The lowest BCUT2D eigenvalue weighted by Crippen LogP contribution is -2.13. The summed E-state index contributed by atoms with van der Waals surface area (Å²) in [5, 5.41) is 3.44. The first kappa shape index (κ1) is 14.1. The van der Waals surface area contributed by atoms with Gasteiger partial charge in [0.15, 0.2) is 0 Å². The van der Waals surface area contributed by atoms with E-state index in [0.717, 1.165) is 24.1 Å². The number of hydrogen-bond donors (Lipinski definition) is 1. The Hall–Kier alpha value is -0.990. The van der Waals surface area contributed by atoms with Crippen LogP contribution in [0.25, 0.3) is 0 Å². The molecule has 3 heteroatoms. The maximum atomic E-state index is 4.56. The zero-order valence-corrected chi connectivity index (χ0v) is 12.0. The molecule has 0 radical (unpaired) electrons. The van der Waals surface area contributed by atoms with Crippen molar-refractivity contribution in [1.29, 1.82) is 0 Å². The van der Waals surface area contributed by atoms with Gasteiger partial charge in [-0.15, -0.1) is 0 Å². The second-order valence-corrected chi connectivity index (χ2v) is 5.37. The number of nitrogens with one attached hydrogen (secondary N) is 1. The molecule has 0 amide bonds. The number of aromatic nitrogens is 2. The summed E-state index contributed by atoms with van der Waals surface area (Å²) in [5.74, 6) is 1.75. The summed E-state index contributed by atoms with van der Waals surface area (Å²) in [7, 11) is 0. The molecule has 17 heavy (non-hydrogen) atoms. The quantitative estimate of drug-likeness (QED) is 0.726. The maximum Gasteiger partial charge on any atom is 0.203 e. The van der Waals surface area contributed by atoms with Crippen molar-refractivity contribution in [3.05, 3.63) is 11.9 Å². The fraction of sp³-hybridized carbons (Fsp3) is 0.786. The highest BCUT2D eigenvalue weighted by Crippen LogP contribution is 2.22. The van der Waals surface area contributed by atoms with Crippen molar-refractivity contribution < 1.29 is 0 Å². The van der Waals surface area contributed by atoms with E-state index >= 15 is 0 Å². The molecule has 0 aliphatic rings. The maximum absolute atomic E-state index is 4.56. The molecule has 98 valence electrons. The van der Waals surface area contributed by atoms with Crippen LogP contribution in [0.5, 0.6) is 0 Å². The van der Waals surface area contributed by atoms with Crippen LogP contribution in [0.3, 0.4) is 0 Å². The molecular formula is C14H27N3. The third-order valence-corrected chi connectivity index (χ3v) is 2.95. The van der Waals surface area contributed by atoms with Crippen LogP contribution in [0.15, 0.2) is 6.20 Å². The van der Waals surface area contributed by atoms with Crippen molar-refractivity contribution in [2.75, 3.05) is 11.9 Å². The lowest BCUT2D eigenvalue weighted by molar-refractivity contribution is 0.430. The van der Waals surface area contributed by atoms with E-state index in [1.165, 1.54) is 19.3 Å². The molecule has 0 aliphatic heterocycles. The number of nitrogens with zero attached hydrogens (tertiary/aromatic N) is 2. The Kier molecular flexibility index (Phi) is 5.52. The van der Waals surface area contributed by atoms with E-state index in [4.69, 9.17) is 0 Å². The second kappa shape index (κ2) is 6.67. The first-order chi connectivity index (χ1) is 8.04. The number of rotatable bonds is 7. The molecule has 0 saturated heterocycles. The number of anilines is 1. The van der Waals surface area contributed by atoms with Gasteiger partial charge < -0.3 is 9.88 Å². The minimum atomic E-state index is 0.514.